The third-order valence-electron chi connectivity index (χ3n) is 9.29. The Balaban J connectivity index is 0.000000628. The Kier molecular flexibility index (Phi) is 22.0. The first kappa shape index (κ1) is 48.4. The monoisotopic (exact) mass is 829 g/mol. The number of carbonyl (C=O) groups excluding carboxylic acids is 3. The van der Waals surface area contributed by atoms with Crippen LogP contribution in [0.1, 0.15) is 98.3 Å². The number of H-pyrrole nitrogens is 1. The summed E-state index contributed by atoms with van der Waals surface area (Å²) in [5, 5.41) is 17.3. The molecule has 4 heterocycles. The van der Waals surface area contributed by atoms with Crippen molar-refractivity contribution in [2.75, 3.05) is 40.3 Å². The molecule has 2 saturated heterocycles. The van der Waals surface area contributed by atoms with Crippen LogP contribution in [0.3, 0.4) is 0 Å². The number of aromatic nitrogens is 2. The Morgan fingerprint density at radius 1 is 1.17 bits per heavy atom. The summed E-state index contributed by atoms with van der Waals surface area (Å²) >= 11 is 1.84. The number of benzene rings is 2. The van der Waals surface area contributed by atoms with E-state index in [0.717, 1.165) is 68.5 Å². The Morgan fingerprint density at radius 2 is 1.93 bits per heavy atom. The van der Waals surface area contributed by atoms with E-state index in [0.29, 0.717) is 37.4 Å². The first-order valence-electron chi connectivity index (χ1n) is 20.3. The first-order chi connectivity index (χ1) is 28.7. The van der Waals surface area contributed by atoms with Crippen molar-refractivity contribution in [2.45, 2.75) is 95.8 Å². The van der Waals surface area contributed by atoms with Crippen LogP contribution in [0.25, 0.3) is 5.70 Å². The molecule has 2 fully saturated rings. The second kappa shape index (κ2) is 26.9. The van der Waals surface area contributed by atoms with Gasteiger partial charge >= 0.3 is 0 Å². The lowest BCUT2D eigenvalue weighted by molar-refractivity contribution is -0.127. The number of hydrogen-bond acceptors (Lipinski definition) is 12. The van der Waals surface area contributed by atoms with Gasteiger partial charge in [0.05, 0.1) is 24.0 Å². The second-order valence-corrected chi connectivity index (χ2v) is 15.0. The molecule has 2 aromatic carbocycles. The summed E-state index contributed by atoms with van der Waals surface area (Å²) in [6, 6.07) is 15.5. The van der Waals surface area contributed by atoms with Gasteiger partial charge < -0.3 is 21.2 Å². The quantitative estimate of drug-likeness (QED) is 0.0323. The highest BCUT2D eigenvalue weighted by Crippen LogP contribution is 2.32. The van der Waals surface area contributed by atoms with E-state index < -0.39 is 0 Å². The summed E-state index contributed by atoms with van der Waals surface area (Å²) in [6.45, 7) is 17.0. The van der Waals surface area contributed by atoms with Crippen LogP contribution in [-0.2, 0) is 27.5 Å². The van der Waals surface area contributed by atoms with Gasteiger partial charge in [-0.25, -0.2) is 14.1 Å². The summed E-state index contributed by atoms with van der Waals surface area (Å²) in [4.78, 5) is 50.7. The molecule has 0 bridgehead atoms. The van der Waals surface area contributed by atoms with Crippen molar-refractivity contribution >= 4 is 55.0 Å². The Hall–Kier alpha value is -5.00. The number of hydrogen-bond donors (Lipinski definition) is 4. The summed E-state index contributed by atoms with van der Waals surface area (Å²) < 4.78 is 2.45. The van der Waals surface area contributed by atoms with Crippen molar-refractivity contribution in [2.24, 2.45) is 20.8 Å². The number of carbonyl (C=O) groups is 3. The SMILES string of the molecule is C=NN(C=N/C(=C\C=NC1CCN(Sc2cccc(CN3CC(c4ccc5c(c4)CNC5=O)C3)c2)CC1)c1cn[nH]c1)OC(C)C.CC.CN.CNC(=O)CCCC=O. The molecule has 59 heavy (non-hydrogen) atoms. The van der Waals surface area contributed by atoms with Gasteiger partial charge in [-0.15, -0.1) is 5.17 Å². The third-order valence-corrected chi connectivity index (χ3v) is 10.4. The second-order valence-electron chi connectivity index (χ2n) is 13.8. The molecule has 0 spiro atoms. The molecule has 5 N–H and O–H groups in total. The number of unbranched alkanes of at least 4 members (excludes halogenated alkanes) is 1. The van der Waals surface area contributed by atoms with Crippen molar-refractivity contribution < 1.29 is 19.2 Å². The number of piperidine rings is 1. The minimum atomic E-state index is -0.0541. The minimum absolute atomic E-state index is 0.00292. The predicted molar refractivity (Wildman–Crippen MR) is 239 cm³/mol. The molecule has 0 saturated carbocycles. The van der Waals surface area contributed by atoms with Crippen molar-refractivity contribution in [3.63, 3.8) is 0 Å². The van der Waals surface area contributed by atoms with Crippen molar-refractivity contribution in [1.82, 2.24) is 35.2 Å². The van der Waals surface area contributed by atoms with Crippen LogP contribution in [0.5, 0.6) is 0 Å². The summed E-state index contributed by atoms with van der Waals surface area (Å²) in [6.07, 6.45) is 13.1. The van der Waals surface area contributed by atoms with Crippen LogP contribution < -0.4 is 16.4 Å². The zero-order chi connectivity index (χ0) is 43.0. The number of fused-ring (bicyclic) bond motifs is 1. The topological polar surface area (TPSA) is 186 Å². The fraction of sp³-hybridized carbons (Fsp3) is 0.465. The van der Waals surface area contributed by atoms with Crippen LogP contribution >= 0.6 is 11.9 Å². The van der Waals surface area contributed by atoms with Gasteiger partial charge in [-0.3, -0.25) is 24.6 Å². The van der Waals surface area contributed by atoms with Gasteiger partial charge in [-0.05, 0) is 93.1 Å². The smallest absolute Gasteiger partial charge is 0.251 e. The number of nitrogens with one attached hydrogen (secondary N) is 3. The maximum atomic E-state index is 11.9. The van der Waals surface area contributed by atoms with E-state index in [9.17, 15) is 14.4 Å². The van der Waals surface area contributed by atoms with Gasteiger partial charge in [0, 0.05) is 100 Å². The standard InChI is InChI=1S/C34H41N9O2S.C6H11NO2.C2H6.CH5N/c1-24(2)45-43(35-3)23-38-33(28-18-39-40-19-28)9-12-36-30-10-13-42(14-11-30)46-31-6-4-5-25(15-31)20-41-21-29(22-41)26-7-8-32-27(16-26)17-37-34(32)44;1-7-6(9)4-2-3-5-8;2*1-2/h4-9,12,15-16,18-19,23-24,29-30H,3,10-11,13-14,17,20-22H2,1-2H3,(H,37,44)(H,39,40);5H,2-4H2,1H3,(H,7,9);1-2H3;2H2,1H3/b33-9-,36-12?,38-23?;;;. The molecule has 16 heteroatoms. The van der Waals surface area contributed by atoms with E-state index in [-0.39, 0.29) is 24.0 Å². The number of nitrogens with zero attached hydrogens (tertiary/aromatic N) is 7. The number of aromatic amines is 1. The van der Waals surface area contributed by atoms with E-state index in [4.69, 9.17) is 9.83 Å². The lowest BCUT2D eigenvalue weighted by atomic mass is 9.89. The fourth-order valence-electron chi connectivity index (χ4n) is 6.34. The van der Waals surface area contributed by atoms with Crippen LogP contribution in [0, 0.1) is 0 Å². The van der Waals surface area contributed by atoms with Crippen LogP contribution in [0.15, 0.2) is 80.9 Å². The summed E-state index contributed by atoms with van der Waals surface area (Å²) in [7, 11) is 3.09. The molecule has 0 radical (unpaired) electrons. The van der Waals surface area contributed by atoms with Crippen molar-refractivity contribution in [1.29, 1.82) is 0 Å². The van der Waals surface area contributed by atoms with Gasteiger partial charge in [-0.2, -0.15) is 10.2 Å². The zero-order valence-corrected chi connectivity index (χ0v) is 36.3. The number of allylic oxidation sites excluding steroid dienone is 1. The van der Waals surface area contributed by atoms with E-state index in [1.165, 1.54) is 34.6 Å². The third kappa shape index (κ3) is 16.3. The predicted octanol–water partition coefficient (Wildman–Crippen LogP) is 5.82. The first-order valence-corrected chi connectivity index (χ1v) is 21.1. The van der Waals surface area contributed by atoms with Gasteiger partial charge in [0.15, 0.2) is 0 Å². The number of aliphatic imine (C=N–C) groups is 2. The maximum absolute atomic E-state index is 11.9. The average Bonchev–Trinajstić information content (AvgIpc) is 3.92. The van der Waals surface area contributed by atoms with Crippen LogP contribution in [0.4, 0.5) is 0 Å². The Morgan fingerprint density at radius 3 is 2.59 bits per heavy atom. The highest BCUT2D eigenvalue weighted by atomic mass is 32.2. The van der Waals surface area contributed by atoms with Gasteiger partial charge in [0.25, 0.3) is 5.91 Å². The molecule has 0 atom stereocenters. The molecule has 3 aliphatic rings. The number of aldehydes is 1. The number of rotatable bonds is 17. The fourth-order valence-corrected chi connectivity index (χ4v) is 7.38. The molecule has 15 nitrogen and oxygen atoms in total. The average molecular weight is 830 g/mol. The minimum Gasteiger partial charge on any atom is -0.359 e. The molecule has 1 aromatic heterocycles. The van der Waals surface area contributed by atoms with E-state index >= 15 is 0 Å². The number of hydrazone groups is 1. The van der Waals surface area contributed by atoms with Crippen molar-refractivity contribution in [3.05, 3.63) is 88.8 Å². The molecular weight excluding hydrogens is 767 g/mol. The molecule has 3 aromatic rings. The highest BCUT2D eigenvalue weighted by Gasteiger charge is 2.30. The lowest BCUT2D eigenvalue weighted by Crippen LogP contribution is -2.44. The van der Waals surface area contributed by atoms with Gasteiger partial charge in [0.1, 0.15) is 12.6 Å². The molecular formula is C43H63N11O4S. The normalized spacial score (nSPS) is 15.9. The molecule has 320 valence electrons. The maximum Gasteiger partial charge on any atom is 0.251 e. The lowest BCUT2D eigenvalue weighted by Gasteiger charge is -2.40. The molecule has 0 unspecified atom stereocenters. The zero-order valence-electron chi connectivity index (χ0n) is 35.5. The molecule has 3 aliphatic heterocycles. The van der Waals surface area contributed by atoms with E-state index in [1.54, 1.807) is 19.4 Å². The highest BCUT2D eigenvalue weighted by molar-refractivity contribution is 7.97. The van der Waals surface area contributed by atoms with E-state index in [2.05, 4.69) is 89.0 Å². The number of amides is 2. The molecule has 6 rings (SSSR count). The number of hydroxylamine groups is 1. The Bertz CT molecular complexity index is 1820. The van der Waals surface area contributed by atoms with Gasteiger partial charge in [0.2, 0.25) is 5.91 Å². The number of likely N-dealkylation sites (tertiary alicyclic amines) is 1. The summed E-state index contributed by atoms with van der Waals surface area (Å²) in [5.74, 6) is 0.578. The molecule has 2 amide bonds. The Labute approximate surface area is 354 Å². The van der Waals surface area contributed by atoms with E-state index in [1.807, 2.05) is 58.0 Å². The number of nitrogens with two attached hydrogens (primary N) is 1. The van der Waals surface area contributed by atoms with Gasteiger partial charge in [-0.1, -0.05) is 38.1 Å². The van der Waals surface area contributed by atoms with Crippen molar-refractivity contribution in [3.8, 4) is 0 Å². The molecule has 0 aliphatic carbocycles. The van der Waals surface area contributed by atoms with Crippen LogP contribution in [-0.4, -0.2) is 114 Å². The van der Waals surface area contributed by atoms with Crippen LogP contribution in [0.2, 0.25) is 0 Å². The summed E-state index contributed by atoms with van der Waals surface area (Å²) in [5.41, 5.74) is 10.7. The largest absolute Gasteiger partial charge is 0.359 e.